The van der Waals surface area contributed by atoms with Crippen LogP contribution in [0.15, 0.2) is 41.7 Å². The standard InChI is InChI=1S/C14H13N7O2/c1-8(11-19-14(23)21-20-11)18-13(22)10-6-16-12(17-7-10)9-3-2-4-15-5-9/h2-8H,1H3,(H,18,22)(H2,19,20,21,23)/t8-/m1/s1. The van der Waals surface area contributed by atoms with Crippen molar-refractivity contribution in [3.05, 3.63) is 58.8 Å². The predicted octanol–water partition coefficient (Wildman–Crippen LogP) is 0.441. The zero-order valence-electron chi connectivity index (χ0n) is 12.1. The smallest absolute Gasteiger partial charge is 0.340 e. The van der Waals surface area contributed by atoms with E-state index in [1.165, 1.54) is 12.4 Å². The Hall–Kier alpha value is -3.36. The molecule has 0 aromatic carbocycles. The van der Waals surface area contributed by atoms with E-state index in [4.69, 9.17) is 0 Å². The second kappa shape index (κ2) is 6.18. The van der Waals surface area contributed by atoms with E-state index in [0.29, 0.717) is 17.2 Å². The first-order chi connectivity index (χ1) is 11.1. The summed E-state index contributed by atoms with van der Waals surface area (Å²) in [6, 6.07) is 3.16. The first-order valence-electron chi connectivity index (χ1n) is 6.81. The number of carbonyl (C=O) groups excluding carboxylic acids is 1. The molecule has 3 aromatic rings. The highest BCUT2D eigenvalue weighted by molar-refractivity contribution is 5.93. The number of pyridine rings is 1. The number of carbonyl (C=O) groups is 1. The van der Waals surface area contributed by atoms with Gasteiger partial charge in [0.2, 0.25) is 0 Å². The second-order valence-corrected chi connectivity index (χ2v) is 4.80. The molecule has 116 valence electrons. The van der Waals surface area contributed by atoms with Gasteiger partial charge in [-0.2, -0.15) is 5.10 Å². The van der Waals surface area contributed by atoms with E-state index < -0.39 is 11.7 Å². The van der Waals surface area contributed by atoms with Gasteiger partial charge in [-0.25, -0.2) is 19.9 Å². The zero-order chi connectivity index (χ0) is 16.2. The summed E-state index contributed by atoms with van der Waals surface area (Å²) in [5.41, 5.74) is 0.648. The molecule has 23 heavy (non-hydrogen) atoms. The summed E-state index contributed by atoms with van der Waals surface area (Å²) in [7, 11) is 0. The third kappa shape index (κ3) is 3.28. The largest absolute Gasteiger partial charge is 0.342 e. The predicted molar refractivity (Wildman–Crippen MR) is 80.4 cm³/mol. The first-order valence-corrected chi connectivity index (χ1v) is 6.81. The summed E-state index contributed by atoms with van der Waals surface area (Å²) < 4.78 is 0. The maximum Gasteiger partial charge on any atom is 0.340 e. The molecule has 0 bridgehead atoms. The van der Waals surface area contributed by atoms with Gasteiger partial charge in [-0.15, -0.1) is 0 Å². The van der Waals surface area contributed by atoms with Gasteiger partial charge in [0.15, 0.2) is 11.6 Å². The van der Waals surface area contributed by atoms with E-state index in [-0.39, 0.29) is 5.91 Å². The van der Waals surface area contributed by atoms with Crippen molar-refractivity contribution in [2.45, 2.75) is 13.0 Å². The molecule has 0 saturated heterocycles. The van der Waals surface area contributed by atoms with Crippen LogP contribution < -0.4 is 11.0 Å². The minimum atomic E-state index is -0.459. The molecule has 9 nitrogen and oxygen atoms in total. The highest BCUT2D eigenvalue weighted by Crippen LogP contribution is 2.12. The van der Waals surface area contributed by atoms with Crippen LogP contribution in [0.1, 0.15) is 29.1 Å². The maximum absolute atomic E-state index is 12.1. The van der Waals surface area contributed by atoms with E-state index in [0.717, 1.165) is 5.56 Å². The minimum absolute atomic E-state index is 0.308. The lowest BCUT2D eigenvalue weighted by molar-refractivity contribution is 0.0937. The molecule has 0 saturated carbocycles. The van der Waals surface area contributed by atoms with Crippen LogP contribution in [0.2, 0.25) is 0 Å². The number of hydrogen-bond acceptors (Lipinski definition) is 6. The minimum Gasteiger partial charge on any atom is -0.342 e. The van der Waals surface area contributed by atoms with Crippen molar-refractivity contribution in [3.63, 3.8) is 0 Å². The normalized spacial score (nSPS) is 11.9. The van der Waals surface area contributed by atoms with E-state index in [1.54, 1.807) is 25.4 Å². The number of aromatic nitrogens is 6. The van der Waals surface area contributed by atoms with Crippen LogP contribution in [0, 0.1) is 0 Å². The third-order valence-electron chi connectivity index (χ3n) is 3.11. The third-order valence-corrected chi connectivity index (χ3v) is 3.11. The molecule has 3 heterocycles. The molecule has 3 rings (SSSR count). The Kier molecular flexibility index (Phi) is 3.91. The van der Waals surface area contributed by atoms with Gasteiger partial charge in [-0.3, -0.25) is 14.8 Å². The molecule has 0 aliphatic heterocycles. The Bertz CT molecular complexity index is 855. The summed E-state index contributed by atoms with van der Waals surface area (Å²) in [4.78, 5) is 38.0. The summed E-state index contributed by atoms with van der Waals surface area (Å²) in [6.45, 7) is 1.70. The molecule has 0 spiro atoms. The average molecular weight is 311 g/mol. The van der Waals surface area contributed by atoms with Crippen molar-refractivity contribution in [1.82, 2.24) is 35.5 Å². The van der Waals surface area contributed by atoms with Crippen molar-refractivity contribution < 1.29 is 4.79 Å². The van der Waals surface area contributed by atoms with E-state index in [9.17, 15) is 9.59 Å². The Labute approximate surface area is 130 Å². The Morgan fingerprint density at radius 3 is 2.65 bits per heavy atom. The van der Waals surface area contributed by atoms with Crippen LogP contribution in [0.3, 0.4) is 0 Å². The zero-order valence-corrected chi connectivity index (χ0v) is 12.1. The van der Waals surface area contributed by atoms with E-state index >= 15 is 0 Å². The molecule has 0 unspecified atom stereocenters. The van der Waals surface area contributed by atoms with E-state index in [1.807, 2.05) is 6.07 Å². The van der Waals surface area contributed by atoms with Gasteiger partial charge in [0, 0.05) is 30.4 Å². The average Bonchev–Trinajstić information content (AvgIpc) is 3.02. The fraction of sp³-hybridized carbons (Fsp3) is 0.143. The molecule has 0 fully saturated rings. The van der Waals surface area contributed by atoms with Crippen LogP contribution >= 0.6 is 0 Å². The van der Waals surface area contributed by atoms with Gasteiger partial charge in [-0.1, -0.05) is 0 Å². The molecule has 1 amide bonds. The first kappa shape index (κ1) is 14.6. The Morgan fingerprint density at radius 1 is 1.26 bits per heavy atom. The lowest BCUT2D eigenvalue weighted by Gasteiger charge is -2.10. The summed E-state index contributed by atoms with van der Waals surface area (Å²) in [5.74, 6) is 0.467. The number of nitrogens with one attached hydrogen (secondary N) is 3. The van der Waals surface area contributed by atoms with Crippen molar-refractivity contribution in [2.24, 2.45) is 0 Å². The Balaban J connectivity index is 1.72. The molecular weight excluding hydrogens is 298 g/mol. The highest BCUT2D eigenvalue weighted by atomic mass is 16.2. The van der Waals surface area contributed by atoms with Gasteiger partial charge < -0.3 is 5.32 Å². The molecule has 3 N–H and O–H groups in total. The quantitative estimate of drug-likeness (QED) is 0.641. The fourth-order valence-corrected chi connectivity index (χ4v) is 1.93. The molecule has 0 radical (unpaired) electrons. The van der Waals surface area contributed by atoms with Gasteiger partial charge in [0.25, 0.3) is 5.91 Å². The fourth-order valence-electron chi connectivity index (χ4n) is 1.93. The highest BCUT2D eigenvalue weighted by Gasteiger charge is 2.15. The molecular formula is C14H13N7O2. The van der Waals surface area contributed by atoms with Crippen LogP contribution in [-0.4, -0.2) is 36.0 Å². The summed E-state index contributed by atoms with van der Waals surface area (Å²) in [6.07, 6.45) is 6.17. The lowest BCUT2D eigenvalue weighted by atomic mass is 10.2. The second-order valence-electron chi connectivity index (χ2n) is 4.80. The maximum atomic E-state index is 12.1. The van der Waals surface area contributed by atoms with Gasteiger partial charge in [0.1, 0.15) is 0 Å². The molecule has 1 atom stereocenters. The van der Waals surface area contributed by atoms with Crippen molar-refractivity contribution in [2.75, 3.05) is 0 Å². The SMILES string of the molecule is C[C@@H](NC(=O)c1cnc(-c2cccnc2)nc1)c1n[nH]c(=O)[nH]1. The van der Waals surface area contributed by atoms with Crippen molar-refractivity contribution in [3.8, 4) is 11.4 Å². The van der Waals surface area contributed by atoms with Crippen molar-refractivity contribution >= 4 is 5.91 Å². The van der Waals surface area contributed by atoms with E-state index in [2.05, 4.69) is 35.5 Å². The lowest BCUT2D eigenvalue weighted by Crippen LogP contribution is -2.27. The number of nitrogens with zero attached hydrogens (tertiary/aromatic N) is 4. The number of hydrogen-bond donors (Lipinski definition) is 3. The van der Waals surface area contributed by atoms with Crippen molar-refractivity contribution in [1.29, 1.82) is 0 Å². The molecule has 9 heteroatoms. The number of amides is 1. The van der Waals surface area contributed by atoms with Crippen LogP contribution in [-0.2, 0) is 0 Å². The molecule has 0 aliphatic carbocycles. The van der Waals surface area contributed by atoms with Gasteiger partial charge in [0.05, 0.1) is 11.6 Å². The summed E-state index contributed by atoms with van der Waals surface area (Å²) in [5, 5.41) is 8.72. The number of aromatic amines is 2. The van der Waals surface area contributed by atoms with Gasteiger partial charge in [-0.05, 0) is 19.1 Å². The summed E-state index contributed by atoms with van der Waals surface area (Å²) >= 11 is 0. The number of H-pyrrole nitrogens is 2. The molecule has 3 aromatic heterocycles. The molecule has 0 aliphatic rings. The Morgan fingerprint density at radius 2 is 2.04 bits per heavy atom. The monoisotopic (exact) mass is 311 g/mol. The van der Waals surface area contributed by atoms with Crippen LogP contribution in [0.5, 0.6) is 0 Å². The van der Waals surface area contributed by atoms with Crippen LogP contribution in [0.25, 0.3) is 11.4 Å². The topological polar surface area (TPSA) is 129 Å². The number of rotatable bonds is 4. The van der Waals surface area contributed by atoms with Crippen LogP contribution in [0.4, 0.5) is 0 Å². The van der Waals surface area contributed by atoms with Gasteiger partial charge >= 0.3 is 5.69 Å².